The van der Waals surface area contributed by atoms with Crippen LogP contribution in [0.5, 0.6) is 0 Å². The summed E-state index contributed by atoms with van der Waals surface area (Å²) in [4.78, 5) is 59.2. The summed E-state index contributed by atoms with van der Waals surface area (Å²) in [5.41, 5.74) is -0.245. The molecule has 0 unspecified atom stereocenters. The van der Waals surface area contributed by atoms with Crippen LogP contribution in [0.4, 0.5) is 5.69 Å². The Bertz CT molecular complexity index is 1540. The molecule has 2 saturated heterocycles. The highest BCUT2D eigenvalue weighted by Gasteiger charge is 2.72. The first kappa shape index (κ1) is 32.0. The van der Waals surface area contributed by atoms with Crippen LogP contribution in [0.25, 0.3) is 0 Å². The van der Waals surface area contributed by atoms with E-state index in [0.29, 0.717) is 22.7 Å². The zero-order valence-electron chi connectivity index (χ0n) is 25.8. The Morgan fingerprint density at radius 3 is 2.46 bits per heavy atom. The lowest BCUT2D eigenvalue weighted by Gasteiger charge is -2.39. The molecule has 4 heterocycles. The number of allylic oxidation sites excluding steroid dienone is 1. The fraction of sp³-hybridized carbons (Fsp3) is 0.429. The molecule has 2 aromatic rings. The number of halogens is 1. The number of fused-ring (bicyclic) bond motifs is 2. The molecule has 0 radical (unpaired) electrons. The lowest BCUT2D eigenvalue weighted by molar-refractivity contribution is -0.160. The number of aliphatic hydroxyl groups excluding tert-OH is 1. The largest absolute Gasteiger partial charge is 0.455 e. The fourth-order valence-corrected chi connectivity index (χ4v) is 7.30. The maximum atomic E-state index is 14.7. The molecule has 0 aromatic heterocycles. The van der Waals surface area contributed by atoms with Gasteiger partial charge in [0, 0.05) is 23.7 Å². The Kier molecular flexibility index (Phi) is 9.05. The Morgan fingerprint density at radius 1 is 1.02 bits per heavy atom. The predicted octanol–water partition coefficient (Wildman–Crippen LogP) is 3.59. The van der Waals surface area contributed by atoms with Crippen molar-refractivity contribution in [3.8, 4) is 0 Å². The summed E-state index contributed by atoms with van der Waals surface area (Å²) in [7, 11) is 0. The molecule has 0 saturated carbocycles. The van der Waals surface area contributed by atoms with Gasteiger partial charge in [-0.3, -0.25) is 19.2 Å². The molecule has 46 heavy (non-hydrogen) atoms. The highest BCUT2D eigenvalue weighted by atomic mass is 35.5. The van der Waals surface area contributed by atoms with Gasteiger partial charge >= 0.3 is 5.97 Å². The van der Waals surface area contributed by atoms with E-state index in [9.17, 15) is 24.3 Å². The maximum Gasteiger partial charge on any atom is 0.313 e. The van der Waals surface area contributed by atoms with Gasteiger partial charge in [0.25, 0.3) is 5.91 Å². The summed E-state index contributed by atoms with van der Waals surface area (Å²) in [5.74, 6) is -4.11. The van der Waals surface area contributed by atoms with Crippen molar-refractivity contribution in [3.05, 3.63) is 89.5 Å². The van der Waals surface area contributed by atoms with E-state index < -0.39 is 59.5 Å². The Hall–Kier alpha value is -3.99. The van der Waals surface area contributed by atoms with Gasteiger partial charge in [-0.25, -0.2) is 0 Å². The predicted molar refractivity (Wildman–Crippen MR) is 171 cm³/mol. The number of ether oxygens (including phenoxy) is 2. The molecule has 7 atom stereocenters. The van der Waals surface area contributed by atoms with Crippen LogP contribution in [0.3, 0.4) is 0 Å². The van der Waals surface area contributed by atoms with Crippen LogP contribution in [0.15, 0.2) is 78.9 Å². The molecule has 11 heteroatoms. The quantitative estimate of drug-likeness (QED) is 0.375. The molecule has 4 aliphatic rings. The van der Waals surface area contributed by atoms with Crippen LogP contribution in [0, 0.1) is 17.8 Å². The van der Waals surface area contributed by atoms with Gasteiger partial charge in [-0.15, -0.1) is 0 Å². The van der Waals surface area contributed by atoms with Crippen LogP contribution in [-0.2, 0) is 28.7 Å². The first-order chi connectivity index (χ1) is 22.2. The highest BCUT2D eigenvalue weighted by Crippen LogP contribution is 2.54. The average molecular weight is 648 g/mol. The lowest BCUT2D eigenvalue weighted by Crippen LogP contribution is -2.59. The molecule has 6 rings (SSSR count). The molecular weight excluding hydrogens is 610 g/mol. The second-order valence-corrected chi connectivity index (χ2v) is 13.0. The fourth-order valence-electron chi connectivity index (χ4n) is 7.18. The minimum Gasteiger partial charge on any atom is -0.455 e. The van der Waals surface area contributed by atoms with E-state index in [1.165, 1.54) is 4.90 Å². The number of esters is 1. The molecular formula is C35H38ClN3O7. The van der Waals surface area contributed by atoms with E-state index in [1.54, 1.807) is 53.5 Å². The molecule has 2 fully saturated rings. The normalized spacial score (nSPS) is 31.2. The van der Waals surface area contributed by atoms with Gasteiger partial charge in [-0.1, -0.05) is 80.1 Å². The van der Waals surface area contributed by atoms with Crippen molar-refractivity contribution < 1.29 is 33.8 Å². The summed E-state index contributed by atoms with van der Waals surface area (Å²) in [6.45, 7) is 3.62. The van der Waals surface area contributed by atoms with Gasteiger partial charge in [0.15, 0.2) is 0 Å². The highest BCUT2D eigenvalue weighted by molar-refractivity contribution is 6.30. The van der Waals surface area contributed by atoms with Gasteiger partial charge < -0.3 is 29.7 Å². The van der Waals surface area contributed by atoms with E-state index in [1.807, 2.05) is 44.2 Å². The average Bonchev–Trinajstić information content (AvgIpc) is 3.43. The number of nitrogens with one attached hydrogen (secondary N) is 1. The van der Waals surface area contributed by atoms with E-state index in [4.69, 9.17) is 21.1 Å². The minimum absolute atomic E-state index is 0.0590. The van der Waals surface area contributed by atoms with Crippen molar-refractivity contribution in [2.24, 2.45) is 17.8 Å². The van der Waals surface area contributed by atoms with Crippen molar-refractivity contribution in [3.63, 3.8) is 0 Å². The molecule has 4 aliphatic heterocycles. The van der Waals surface area contributed by atoms with Crippen LogP contribution < -0.4 is 10.2 Å². The van der Waals surface area contributed by atoms with Gasteiger partial charge in [-0.2, -0.15) is 0 Å². The number of amides is 3. The van der Waals surface area contributed by atoms with E-state index in [2.05, 4.69) is 5.32 Å². The number of carbonyl (C=O) groups is 4. The summed E-state index contributed by atoms with van der Waals surface area (Å²) in [6.07, 6.45) is 5.89. The number of cyclic esters (lactones) is 1. The molecule has 0 aliphatic carbocycles. The monoisotopic (exact) mass is 647 g/mol. The zero-order chi connectivity index (χ0) is 32.6. The molecule has 10 nitrogen and oxygen atoms in total. The molecule has 1 spiro atoms. The van der Waals surface area contributed by atoms with Crippen molar-refractivity contribution in [1.82, 2.24) is 10.2 Å². The molecule has 2 N–H and O–H groups in total. The van der Waals surface area contributed by atoms with Crippen molar-refractivity contribution in [2.45, 2.75) is 56.6 Å². The van der Waals surface area contributed by atoms with E-state index in [-0.39, 0.29) is 37.9 Å². The summed E-state index contributed by atoms with van der Waals surface area (Å²) < 4.78 is 12.9. The number of hydrogen-bond acceptors (Lipinski definition) is 7. The van der Waals surface area contributed by atoms with Crippen molar-refractivity contribution >= 4 is 41.0 Å². The minimum atomic E-state index is -1.52. The molecule has 242 valence electrons. The lowest BCUT2D eigenvalue weighted by atomic mass is 9.77. The zero-order valence-corrected chi connectivity index (χ0v) is 26.5. The third-order valence-corrected chi connectivity index (χ3v) is 9.69. The molecule has 2 aromatic carbocycles. The Morgan fingerprint density at radius 2 is 1.76 bits per heavy atom. The maximum absolute atomic E-state index is 14.7. The first-order valence-corrected chi connectivity index (χ1v) is 16.1. The second kappa shape index (κ2) is 13.0. The van der Waals surface area contributed by atoms with Gasteiger partial charge in [0.1, 0.15) is 23.7 Å². The van der Waals surface area contributed by atoms with E-state index in [0.717, 1.165) is 0 Å². The number of nitrogens with zero attached hydrogens (tertiary/aromatic N) is 2. The Labute approximate surface area is 273 Å². The molecule has 3 amide bonds. The summed E-state index contributed by atoms with van der Waals surface area (Å²) in [6, 6.07) is 14.1. The number of benzene rings is 2. The van der Waals surface area contributed by atoms with E-state index >= 15 is 0 Å². The van der Waals surface area contributed by atoms with Crippen LogP contribution in [0.2, 0.25) is 5.02 Å². The van der Waals surface area contributed by atoms with Gasteiger partial charge in [-0.05, 0) is 42.2 Å². The number of aliphatic hydroxyl groups is 1. The summed E-state index contributed by atoms with van der Waals surface area (Å²) >= 11 is 6.14. The number of likely N-dealkylation sites (tertiary alicyclic amines) is 1. The third-order valence-electron chi connectivity index (χ3n) is 9.43. The second-order valence-electron chi connectivity index (χ2n) is 12.5. The van der Waals surface area contributed by atoms with Gasteiger partial charge in [0.05, 0.1) is 31.2 Å². The SMILES string of the molecule is CC(C)[C@H](CO)N1C(=O)[C@@H]2[C@H]3C(=O)O[C@H](c4ccccc4)CNC(=O)CC/C=C\[C@H]3O[C@@]23C=CCN(c2ccc(Cl)cc2)C(=O)[C@@H]13. The van der Waals surface area contributed by atoms with Crippen LogP contribution in [-0.4, -0.2) is 77.2 Å². The topological polar surface area (TPSA) is 125 Å². The smallest absolute Gasteiger partial charge is 0.313 e. The van der Waals surface area contributed by atoms with Crippen molar-refractivity contribution in [2.75, 3.05) is 24.6 Å². The first-order valence-electron chi connectivity index (χ1n) is 15.7. The molecule has 0 bridgehead atoms. The Balaban J connectivity index is 1.46. The van der Waals surface area contributed by atoms with Crippen LogP contribution >= 0.6 is 11.6 Å². The van der Waals surface area contributed by atoms with Crippen LogP contribution in [0.1, 0.15) is 38.4 Å². The third kappa shape index (κ3) is 5.63. The summed E-state index contributed by atoms with van der Waals surface area (Å²) in [5, 5.41) is 13.9. The number of anilines is 1. The number of hydrogen-bond donors (Lipinski definition) is 2. The van der Waals surface area contributed by atoms with Crippen molar-refractivity contribution in [1.29, 1.82) is 0 Å². The number of carbonyl (C=O) groups excluding carboxylic acids is 4. The standard InChI is InChI=1S/C35H38ClN3O7/c1-21(2)25(20-40)39-31-33(43)38(24-15-13-23(36)14-16-24)18-8-17-35(31)30(32(39)42)29-26(46-35)11-6-7-12-28(41)37-19-27(45-34(29)44)22-9-4-3-5-10-22/h3-6,8-11,13-17,21,25-27,29-31,40H,7,12,18-20H2,1-2H3,(H,37,41)/b11-6-/t25-,26+,27-,29-,30-,31+,35-/m0/s1. The van der Waals surface area contributed by atoms with Gasteiger partial charge in [0.2, 0.25) is 11.8 Å². The number of rotatable bonds is 5.